The van der Waals surface area contributed by atoms with Crippen molar-refractivity contribution in [3.05, 3.63) is 46.2 Å². The van der Waals surface area contributed by atoms with Crippen molar-refractivity contribution in [2.24, 2.45) is 11.7 Å². The molecule has 1 aliphatic carbocycles. The minimum Gasteiger partial charge on any atom is -0.402 e. The van der Waals surface area contributed by atoms with E-state index in [9.17, 15) is 4.79 Å². The van der Waals surface area contributed by atoms with Gasteiger partial charge in [-0.3, -0.25) is 10.2 Å². The Hall–Kier alpha value is -1.94. The van der Waals surface area contributed by atoms with Crippen molar-refractivity contribution in [1.82, 2.24) is 5.32 Å². The van der Waals surface area contributed by atoms with Crippen molar-refractivity contribution in [2.75, 3.05) is 7.05 Å². The second-order valence-corrected chi connectivity index (χ2v) is 5.96. The van der Waals surface area contributed by atoms with E-state index < -0.39 is 0 Å². The number of carbonyl (C=O) groups is 1. The third-order valence-corrected chi connectivity index (χ3v) is 4.50. The molecular weight excluding hydrogens is 274 g/mol. The maximum Gasteiger partial charge on any atom is 0.150 e. The lowest BCUT2D eigenvalue weighted by atomic mass is 9.82. The van der Waals surface area contributed by atoms with Crippen LogP contribution in [-0.4, -0.2) is 19.0 Å². The molecule has 1 aromatic rings. The molecular formula is C18H25N3O. The van der Waals surface area contributed by atoms with Crippen LogP contribution in [0.4, 0.5) is 0 Å². The first-order valence-corrected chi connectivity index (χ1v) is 7.90. The van der Waals surface area contributed by atoms with Crippen LogP contribution in [0.15, 0.2) is 29.5 Å². The molecule has 0 spiro atoms. The van der Waals surface area contributed by atoms with E-state index in [0.717, 1.165) is 54.4 Å². The number of allylic oxidation sites excluding steroid dienone is 2. The Bertz CT molecular complexity index is 604. The molecule has 0 saturated heterocycles. The minimum atomic E-state index is 0.502. The molecule has 0 saturated carbocycles. The molecule has 1 aliphatic rings. The van der Waals surface area contributed by atoms with Gasteiger partial charge in [-0.25, -0.2) is 0 Å². The number of hydrogen-bond acceptors (Lipinski definition) is 4. The molecule has 1 aromatic carbocycles. The number of nitrogens with one attached hydrogen (secondary N) is 2. The van der Waals surface area contributed by atoms with Gasteiger partial charge < -0.3 is 11.1 Å². The van der Waals surface area contributed by atoms with Gasteiger partial charge in [0.05, 0.1) is 5.71 Å². The summed E-state index contributed by atoms with van der Waals surface area (Å²) in [6.45, 7) is 2.80. The Morgan fingerprint density at radius 1 is 1.50 bits per heavy atom. The van der Waals surface area contributed by atoms with E-state index in [0.29, 0.717) is 23.7 Å². The lowest BCUT2D eigenvalue weighted by molar-refractivity contribution is 0.112. The van der Waals surface area contributed by atoms with Crippen LogP contribution in [0.25, 0.3) is 0 Å². The number of carbonyl (C=O) groups excluding carboxylic acids is 1. The molecule has 4 heteroatoms. The monoisotopic (exact) mass is 299 g/mol. The van der Waals surface area contributed by atoms with Crippen LogP contribution in [-0.2, 0) is 6.54 Å². The van der Waals surface area contributed by atoms with Crippen molar-refractivity contribution < 1.29 is 4.79 Å². The molecule has 4 N–H and O–H groups in total. The quantitative estimate of drug-likeness (QED) is 0.558. The van der Waals surface area contributed by atoms with E-state index in [1.165, 1.54) is 0 Å². The van der Waals surface area contributed by atoms with Crippen LogP contribution >= 0.6 is 0 Å². The molecule has 2 rings (SSSR count). The fourth-order valence-electron chi connectivity index (χ4n) is 3.07. The highest BCUT2D eigenvalue weighted by molar-refractivity contribution is 6.11. The van der Waals surface area contributed by atoms with Gasteiger partial charge in [0.25, 0.3) is 0 Å². The lowest BCUT2D eigenvalue weighted by Gasteiger charge is -2.25. The topological polar surface area (TPSA) is 79.0 Å². The van der Waals surface area contributed by atoms with Gasteiger partial charge in [0.1, 0.15) is 6.29 Å². The van der Waals surface area contributed by atoms with Gasteiger partial charge in [-0.15, -0.1) is 0 Å². The van der Waals surface area contributed by atoms with E-state index >= 15 is 0 Å². The third kappa shape index (κ3) is 3.45. The smallest absolute Gasteiger partial charge is 0.150 e. The standard InChI is InChI=1S/C18H25N3O/c1-3-12-4-7-16(17(19)8-12)18(20)13-5-6-14(11-22)15(9-13)10-21-2/h5-6,9,11-12,20-21H,3-4,7-8,10,19H2,1-2H3. The van der Waals surface area contributed by atoms with Crippen molar-refractivity contribution in [3.8, 4) is 0 Å². The Kier molecular flexibility index (Phi) is 5.50. The zero-order valence-corrected chi connectivity index (χ0v) is 13.4. The number of aldehydes is 1. The van der Waals surface area contributed by atoms with Gasteiger partial charge in [0.2, 0.25) is 0 Å². The molecule has 0 aliphatic heterocycles. The van der Waals surface area contributed by atoms with Gasteiger partial charge in [-0.05, 0) is 49.4 Å². The minimum absolute atomic E-state index is 0.502. The first-order valence-electron chi connectivity index (χ1n) is 7.90. The van der Waals surface area contributed by atoms with Crippen LogP contribution in [0.5, 0.6) is 0 Å². The van der Waals surface area contributed by atoms with Gasteiger partial charge >= 0.3 is 0 Å². The summed E-state index contributed by atoms with van der Waals surface area (Å²) in [4.78, 5) is 11.1. The molecule has 0 bridgehead atoms. The van der Waals surface area contributed by atoms with E-state index in [2.05, 4.69) is 12.2 Å². The average molecular weight is 299 g/mol. The second-order valence-electron chi connectivity index (χ2n) is 5.96. The average Bonchev–Trinajstić information content (AvgIpc) is 2.54. The number of nitrogens with two attached hydrogens (primary N) is 1. The van der Waals surface area contributed by atoms with E-state index in [4.69, 9.17) is 11.1 Å². The number of benzene rings is 1. The summed E-state index contributed by atoms with van der Waals surface area (Å²) in [6.07, 6.45) is 4.87. The second kappa shape index (κ2) is 7.36. The summed E-state index contributed by atoms with van der Waals surface area (Å²) < 4.78 is 0. The summed E-state index contributed by atoms with van der Waals surface area (Å²) in [5.41, 5.74) is 11.0. The van der Waals surface area contributed by atoms with E-state index in [-0.39, 0.29) is 0 Å². The predicted molar refractivity (Wildman–Crippen MR) is 90.3 cm³/mol. The summed E-state index contributed by atoms with van der Waals surface area (Å²) in [5, 5.41) is 11.5. The van der Waals surface area contributed by atoms with E-state index in [1.54, 1.807) is 6.07 Å². The summed E-state index contributed by atoms with van der Waals surface area (Å²) in [5.74, 6) is 0.647. The van der Waals surface area contributed by atoms with Crippen molar-refractivity contribution >= 4 is 12.0 Å². The maximum atomic E-state index is 11.1. The molecule has 0 fully saturated rings. The summed E-state index contributed by atoms with van der Waals surface area (Å²) in [7, 11) is 1.85. The Morgan fingerprint density at radius 3 is 2.86 bits per heavy atom. The largest absolute Gasteiger partial charge is 0.402 e. The molecule has 118 valence electrons. The molecule has 0 amide bonds. The molecule has 4 nitrogen and oxygen atoms in total. The zero-order valence-electron chi connectivity index (χ0n) is 13.4. The number of rotatable bonds is 6. The van der Waals surface area contributed by atoms with Crippen LogP contribution in [0.2, 0.25) is 0 Å². The Labute approximate surface area is 132 Å². The molecule has 22 heavy (non-hydrogen) atoms. The fourth-order valence-corrected chi connectivity index (χ4v) is 3.07. The van der Waals surface area contributed by atoms with Crippen LogP contribution in [0.1, 0.15) is 54.1 Å². The Balaban J connectivity index is 2.30. The molecule has 0 aromatic heterocycles. The van der Waals surface area contributed by atoms with Crippen molar-refractivity contribution in [2.45, 2.75) is 39.2 Å². The van der Waals surface area contributed by atoms with Gasteiger partial charge in [0.15, 0.2) is 0 Å². The lowest BCUT2D eigenvalue weighted by Crippen LogP contribution is -2.20. The van der Waals surface area contributed by atoms with Crippen molar-refractivity contribution in [3.63, 3.8) is 0 Å². The van der Waals surface area contributed by atoms with Crippen molar-refractivity contribution in [1.29, 1.82) is 5.41 Å². The molecule has 1 unspecified atom stereocenters. The highest BCUT2D eigenvalue weighted by Gasteiger charge is 2.21. The highest BCUT2D eigenvalue weighted by Crippen LogP contribution is 2.31. The maximum absolute atomic E-state index is 11.1. The first-order chi connectivity index (χ1) is 10.6. The SMILES string of the molecule is CCC1CCC(C(=N)c2ccc(C=O)c(CNC)c2)=C(N)C1. The molecule has 1 atom stereocenters. The van der Waals surface area contributed by atoms with Gasteiger partial charge in [-0.1, -0.05) is 25.5 Å². The van der Waals surface area contributed by atoms with Crippen LogP contribution in [0, 0.1) is 11.3 Å². The van der Waals surface area contributed by atoms with E-state index in [1.807, 2.05) is 19.2 Å². The molecule has 0 radical (unpaired) electrons. The zero-order chi connectivity index (χ0) is 16.1. The molecule has 0 heterocycles. The van der Waals surface area contributed by atoms with Crippen LogP contribution in [0.3, 0.4) is 0 Å². The number of hydrogen-bond donors (Lipinski definition) is 3. The summed E-state index contributed by atoms with van der Waals surface area (Å²) in [6, 6.07) is 5.56. The van der Waals surface area contributed by atoms with Crippen LogP contribution < -0.4 is 11.1 Å². The third-order valence-electron chi connectivity index (χ3n) is 4.50. The predicted octanol–water partition coefficient (Wildman–Crippen LogP) is 3.01. The van der Waals surface area contributed by atoms with Gasteiger partial charge in [0, 0.05) is 23.4 Å². The fraction of sp³-hybridized carbons (Fsp3) is 0.444. The first kappa shape index (κ1) is 16.4. The normalized spacial score (nSPS) is 18.4. The highest BCUT2D eigenvalue weighted by atomic mass is 16.1. The Morgan fingerprint density at radius 2 is 2.27 bits per heavy atom. The van der Waals surface area contributed by atoms with Gasteiger partial charge in [-0.2, -0.15) is 0 Å². The summed E-state index contributed by atoms with van der Waals surface area (Å²) >= 11 is 0.